The monoisotopic (exact) mass is 628 g/mol. The van der Waals surface area contributed by atoms with E-state index in [1.807, 2.05) is 38.1 Å². The van der Waals surface area contributed by atoms with Crippen LogP contribution in [0.4, 0.5) is 0 Å². The maximum Gasteiger partial charge on any atom is 0.338 e. The summed E-state index contributed by atoms with van der Waals surface area (Å²) in [6.07, 6.45) is 1.71. The van der Waals surface area contributed by atoms with E-state index in [1.54, 1.807) is 32.1 Å². The van der Waals surface area contributed by atoms with Gasteiger partial charge in [0, 0.05) is 6.92 Å². The number of fused-ring (bicyclic) bond motifs is 1. The Labute approximate surface area is 243 Å². The van der Waals surface area contributed by atoms with Crippen LogP contribution in [0, 0.1) is 0 Å². The molecule has 2 aromatic carbocycles. The van der Waals surface area contributed by atoms with Crippen molar-refractivity contribution in [1.82, 2.24) is 4.57 Å². The topological polar surface area (TPSA) is 105 Å². The fourth-order valence-corrected chi connectivity index (χ4v) is 5.91. The van der Waals surface area contributed by atoms with Gasteiger partial charge in [-0.25, -0.2) is 9.79 Å². The van der Waals surface area contributed by atoms with Gasteiger partial charge in [0.1, 0.15) is 5.75 Å². The Morgan fingerprint density at radius 1 is 1.20 bits per heavy atom. The standard InChI is InChI=1S/C29H29BrN2O7S/c1-7-37-28(35)24-16(4)31-29-32(25(24)19-8-10-20(11-9-19)38-15(2)3)27(34)23(40-29)14-18-12-21(30)26(39-17(5)33)22(13-18)36-6/h8-15,25H,7H2,1-6H3/b23-14-/t25-/m1/s1. The van der Waals surface area contributed by atoms with E-state index in [-0.39, 0.29) is 24.0 Å². The number of carbonyl (C=O) groups excluding carboxylic acids is 2. The lowest BCUT2D eigenvalue weighted by Gasteiger charge is -2.25. The van der Waals surface area contributed by atoms with Crippen LogP contribution >= 0.6 is 27.3 Å². The highest BCUT2D eigenvalue weighted by Gasteiger charge is 2.33. The molecule has 0 aliphatic carbocycles. The molecule has 0 saturated carbocycles. The number of halogens is 1. The van der Waals surface area contributed by atoms with Crippen LogP contribution in [0.5, 0.6) is 17.2 Å². The summed E-state index contributed by atoms with van der Waals surface area (Å²) in [5, 5.41) is 0. The van der Waals surface area contributed by atoms with Crippen LogP contribution in [0.1, 0.15) is 51.8 Å². The first-order valence-corrected chi connectivity index (χ1v) is 14.2. The number of allylic oxidation sites excluding steroid dienone is 1. The molecule has 0 spiro atoms. The number of aromatic nitrogens is 1. The first kappa shape index (κ1) is 29.3. The van der Waals surface area contributed by atoms with Gasteiger partial charge >= 0.3 is 11.9 Å². The fraction of sp³-hybridized carbons (Fsp3) is 0.310. The van der Waals surface area contributed by atoms with Gasteiger partial charge < -0.3 is 18.9 Å². The summed E-state index contributed by atoms with van der Waals surface area (Å²) in [6.45, 7) is 8.84. The van der Waals surface area contributed by atoms with Crippen molar-refractivity contribution in [2.45, 2.75) is 46.8 Å². The van der Waals surface area contributed by atoms with E-state index in [9.17, 15) is 14.4 Å². The van der Waals surface area contributed by atoms with Gasteiger partial charge in [-0.15, -0.1) is 0 Å². The number of carbonyl (C=O) groups is 2. The van der Waals surface area contributed by atoms with E-state index < -0.39 is 18.0 Å². The number of ether oxygens (including phenoxy) is 4. The maximum absolute atomic E-state index is 13.9. The molecule has 11 heteroatoms. The maximum atomic E-state index is 13.9. The molecule has 1 aromatic heterocycles. The molecular formula is C29H29BrN2O7S. The van der Waals surface area contributed by atoms with Gasteiger partial charge in [0.25, 0.3) is 5.56 Å². The molecule has 1 atom stereocenters. The Morgan fingerprint density at radius 3 is 2.50 bits per heavy atom. The average Bonchev–Trinajstić information content (AvgIpc) is 3.18. The highest BCUT2D eigenvalue weighted by Crippen LogP contribution is 2.37. The number of hydrogen-bond donors (Lipinski definition) is 0. The van der Waals surface area contributed by atoms with Crippen LogP contribution in [0.25, 0.3) is 6.08 Å². The molecule has 3 aromatic rings. The molecule has 1 aliphatic rings. The van der Waals surface area contributed by atoms with Gasteiger partial charge in [-0.1, -0.05) is 23.5 Å². The average molecular weight is 630 g/mol. The zero-order chi connectivity index (χ0) is 29.1. The zero-order valence-electron chi connectivity index (χ0n) is 22.9. The molecule has 0 saturated heterocycles. The van der Waals surface area contributed by atoms with Crippen molar-refractivity contribution in [2.24, 2.45) is 4.99 Å². The molecule has 0 radical (unpaired) electrons. The zero-order valence-corrected chi connectivity index (χ0v) is 25.3. The number of benzene rings is 2. The Hall–Kier alpha value is -3.70. The molecule has 0 fully saturated rings. The van der Waals surface area contributed by atoms with Crippen molar-refractivity contribution in [3.05, 3.63) is 83.0 Å². The Kier molecular flexibility index (Phi) is 8.95. The number of nitrogens with zero attached hydrogens (tertiary/aromatic N) is 2. The Morgan fingerprint density at radius 2 is 1.90 bits per heavy atom. The SMILES string of the molecule is CCOC(=O)C1=C(C)N=c2s/c(=C\c3cc(Br)c(OC(C)=O)c(OC)c3)c(=O)n2[C@@H]1c1ccc(OC(C)C)cc1. The predicted molar refractivity (Wildman–Crippen MR) is 155 cm³/mol. The second-order valence-corrected chi connectivity index (χ2v) is 11.0. The molecule has 210 valence electrons. The van der Waals surface area contributed by atoms with Crippen LogP contribution in [-0.2, 0) is 14.3 Å². The third-order valence-electron chi connectivity index (χ3n) is 5.88. The molecule has 0 N–H and O–H groups in total. The summed E-state index contributed by atoms with van der Waals surface area (Å²) in [4.78, 5) is 43.6. The largest absolute Gasteiger partial charge is 0.493 e. The van der Waals surface area contributed by atoms with Gasteiger partial charge in [-0.2, -0.15) is 0 Å². The smallest absolute Gasteiger partial charge is 0.338 e. The van der Waals surface area contributed by atoms with E-state index in [2.05, 4.69) is 20.9 Å². The van der Waals surface area contributed by atoms with Gasteiger partial charge in [0.15, 0.2) is 16.3 Å². The third kappa shape index (κ3) is 6.05. The first-order valence-electron chi connectivity index (χ1n) is 12.6. The van der Waals surface area contributed by atoms with Crippen LogP contribution in [0.2, 0.25) is 0 Å². The molecule has 9 nitrogen and oxygen atoms in total. The second kappa shape index (κ2) is 12.2. The Balaban J connectivity index is 1.88. The van der Waals surface area contributed by atoms with E-state index in [1.165, 1.54) is 29.9 Å². The van der Waals surface area contributed by atoms with Crippen molar-refractivity contribution in [2.75, 3.05) is 13.7 Å². The van der Waals surface area contributed by atoms with E-state index in [0.717, 1.165) is 5.56 Å². The first-order chi connectivity index (χ1) is 19.0. The number of esters is 2. The summed E-state index contributed by atoms with van der Waals surface area (Å²) in [6, 6.07) is 9.97. The normalized spacial score (nSPS) is 15.0. The van der Waals surface area contributed by atoms with Gasteiger partial charge in [-0.3, -0.25) is 14.2 Å². The number of thiazole rings is 1. The summed E-state index contributed by atoms with van der Waals surface area (Å²) in [7, 11) is 1.46. The molecule has 0 unspecified atom stereocenters. The van der Waals surface area contributed by atoms with Crippen LogP contribution in [0.15, 0.2) is 61.9 Å². The molecular weight excluding hydrogens is 600 g/mol. The summed E-state index contributed by atoms with van der Waals surface area (Å²) in [5.74, 6) is 0.233. The van der Waals surface area contributed by atoms with Crippen molar-refractivity contribution >= 4 is 45.3 Å². The lowest BCUT2D eigenvalue weighted by atomic mass is 9.96. The van der Waals surface area contributed by atoms with Crippen molar-refractivity contribution in [1.29, 1.82) is 0 Å². The molecule has 1 aliphatic heterocycles. The predicted octanol–water partition coefficient (Wildman–Crippen LogP) is 4.28. The van der Waals surface area contributed by atoms with Gasteiger partial charge in [0.05, 0.1) is 46.1 Å². The van der Waals surface area contributed by atoms with E-state index in [0.29, 0.717) is 42.1 Å². The number of methoxy groups -OCH3 is 1. The Bertz CT molecular complexity index is 1670. The summed E-state index contributed by atoms with van der Waals surface area (Å²) >= 11 is 4.63. The second-order valence-electron chi connectivity index (χ2n) is 9.17. The van der Waals surface area contributed by atoms with Crippen LogP contribution in [-0.4, -0.2) is 36.3 Å². The number of rotatable bonds is 8. The highest BCUT2D eigenvalue weighted by atomic mass is 79.9. The molecule has 0 amide bonds. The van der Waals surface area contributed by atoms with Crippen molar-refractivity contribution in [3.63, 3.8) is 0 Å². The van der Waals surface area contributed by atoms with Gasteiger partial charge in [0.2, 0.25) is 0 Å². The highest BCUT2D eigenvalue weighted by molar-refractivity contribution is 9.10. The van der Waals surface area contributed by atoms with E-state index >= 15 is 0 Å². The molecule has 2 heterocycles. The fourth-order valence-electron chi connectivity index (χ4n) is 4.33. The minimum Gasteiger partial charge on any atom is -0.493 e. The van der Waals surface area contributed by atoms with E-state index in [4.69, 9.17) is 18.9 Å². The van der Waals surface area contributed by atoms with Crippen LogP contribution in [0.3, 0.4) is 0 Å². The lowest BCUT2D eigenvalue weighted by molar-refractivity contribution is -0.139. The quantitative estimate of drug-likeness (QED) is 0.271. The molecule has 40 heavy (non-hydrogen) atoms. The van der Waals surface area contributed by atoms with Crippen LogP contribution < -0.4 is 29.1 Å². The number of hydrogen-bond acceptors (Lipinski definition) is 9. The van der Waals surface area contributed by atoms with Crippen molar-refractivity contribution < 1.29 is 28.5 Å². The minimum absolute atomic E-state index is 0.00232. The van der Waals surface area contributed by atoms with Crippen molar-refractivity contribution in [3.8, 4) is 17.2 Å². The summed E-state index contributed by atoms with van der Waals surface area (Å²) < 4.78 is 24.2. The minimum atomic E-state index is -0.738. The molecule has 0 bridgehead atoms. The summed E-state index contributed by atoms with van der Waals surface area (Å²) in [5.41, 5.74) is 1.82. The van der Waals surface area contributed by atoms with Gasteiger partial charge in [-0.05, 0) is 85.1 Å². The lowest BCUT2D eigenvalue weighted by Crippen LogP contribution is -2.39. The molecule has 4 rings (SSSR count). The third-order valence-corrected chi connectivity index (χ3v) is 7.45.